The molecule has 1 aromatic carbocycles. The van der Waals surface area contributed by atoms with Crippen molar-refractivity contribution in [2.24, 2.45) is 5.11 Å². The van der Waals surface area contributed by atoms with Crippen LogP contribution in [0.2, 0.25) is 0 Å². The summed E-state index contributed by atoms with van der Waals surface area (Å²) in [7, 11) is 4.68. The van der Waals surface area contributed by atoms with Crippen LogP contribution in [0.15, 0.2) is 17.2 Å². The lowest BCUT2D eigenvalue weighted by molar-refractivity contribution is 0.324. The molecule has 6 heteroatoms. The van der Waals surface area contributed by atoms with E-state index in [-0.39, 0.29) is 0 Å². The Morgan fingerprint density at radius 1 is 1.12 bits per heavy atom. The van der Waals surface area contributed by atoms with Crippen molar-refractivity contribution in [3.05, 3.63) is 28.1 Å². The van der Waals surface area contributed by atoms with Crippen molar-refractivity contribution in [1.29, 1.82) is 0 Å². The van der Waals surface area contributed by atoms with E-state index >= 15 is 0 Å². The minimum atomic E-state index is 0.398. The van der Waals surface area contributed by atoms with E-state index in [0.717, 1.165) is 5.56 Å². The number of nitrogens with zero attached hydrogens (tertiary/aromatic N) is 3. The summed E-state index contributed by atoms with van der Waals surface area (Å²) in [5, 5.41) is 3.49. The van der Waals surface area contributed by atoms with Gasteiger partial charge in [-0.2, -0.15) is 0 Å². The van der Waals surface area contributed by atoms with Crippen molar-refractivity contribution in [3.8, 4) is 17.2 Å². The number of hydrogen-bond acceptors (Lipinski definition) is 4. The number of ether oxygens (including phenoxy) is 3. The molecule has 92 valence electrons. The highest BCUT2D eigenvalue weighted by Crippen LogP contribution is 2.38. The third-order valence-electron chi connectivity index (χ3n) is 2.29. The van der Waals surface area contributed by atoms with Crippen LogP contribution in [0.25, 0.3) is 10.4 Å². The third kappa shape index (κ3) is 3.19. The maximum Gasteiger partial charge on any atom is 0.203 e. The average molecular weight is 237 g/mol. The van der Waals surface area contributed by atoms with E-state index in [9.17, 15) is 0 Å². The summed E-state index contributed by atoms with van der Waals surface area (Å²) in [6.45, 7) is 0.398. The first kappa shape index (κ1) is 13.0. The number of methoxy groups -OCH3 is 3. The molecule has 1 rings (SSSR count). The molecule has 0 N–H and O–H groups in total. The molecule has 0 atom stereocenters. The standard InChI is InChI=1S/C11H15N3O3/c1-15-9-6-8(4-5-13-14-12)7-10(16-2)11(9)17-3/h6-7H,4-5H2,1-3H3. The highest BCUT2D eigenvalue weighted by Gasteiger charge is 2.12. The molecular weight excluding hydrogens is 222 g/mol. The van der Waals surface area contributed by atoms with Gasteiger partial charge >= 0.3 is 0 Å². The van der Waals surface area contributed by atoms with E-state index in [1.807, 2.05) is 12.1 Å². The predicted octanol–water partition coefficient (Wildman–Crippen LogP) is 2.57. The van der Waals surface area contributed by atoms with Gasteiger partial charge in [0.2, 0.25) is 5.75 Å². The van der Waals surface area contributed by atoms with Crippen LogP contribution in [-0.4, -0.2) is 27.9 Å². The molecule has 0 amide bonds. The van der Waals surface area contributed by atoms with Crippen molar-refractivity contribution >= 4 is 0 Å². The Kier molecular flexibility index (Phi) is 4.97. The molecule has 0 aromatic heterocycles. The van der Waals surface area contributed by atoms with Gasteiger partial charge in [0.15, 0.2) is 11.5 Å². The SMILES string of the molecule is COc1cc(CCN=[N+]=[N-])cc(OC)c1OC. The zero-order valence-corrected chi connectivity index (χ0v) is 10.1. The maximum atomic E-state index is 8.22. The fourth-order valence-corrected chi connectivity index (χ4v) is 1.50. The Hall–Kier alpha value is -2.07. The lowest BCUT2D eigenvalue weighted by atomic mass is 10.1. The van der Waals surface area contributed by atoms with E-state index in [1.54, 1.807) is 21.3 Å². The first-order valence-electron chi connectivity index (χ1n) is 5.06. The molecule has 0 saturated heterocycles. The van der Waals surface area contributed by atoms with Crippen LogP contribution in [0.1, 0.15) is 5.56 Å². The first-order valence-corrected chi connectivity index (χ1v) is 5.06. The number of azide groups is 1. The van der Waals surface area contributed by atoms with E-state index in [1.165, 1.54) is 0 Å². The molecule has 0 saturated carbocycles. The normalized spacial score (nSPS) is 9.35. The summed E-state index contributed by atoms with van der Waals surface area (Å²) in [6, 6.07) is 3.68. The van der Waals surface area contributed by atoms with Gasteiger partial charge < -0.3 is 14.2 Å². The van der Waals surface area contributed by atoms with E-state index < -0.39 is 0 Å². The Labute approximate surface area is 99.7 Å². The molecule has 0 unspecified atom stereocenters. The molecule has 0 fully saturated rings. The van der Waals surface area contributed by atoms with Crippen LogP contribution in [0.3, 0.4) is 0 Å². The van der Waals surface area contributed by atoms with Crippen LogP contribution in [0.5, 0.6) is 17.2 Å². The lowest BCUT2D eigenvalue weighted by Gasteiger charge is -2.13. The number of hydrogen-bond donors (Lipinski definition) is 0. The molecule has 6 nitrogen and oxygen atoms in total. The van der Waals surface area contributed by atoms with Crippen LogP contribution >= 0.6 is 0 Å². The van der Waals surface area contributed by atoms with Crippen LogP contribution in [0, 0.1) is 0 Å². The van der Waals surface area contributed by atoms with Crippen molar-refractivity contribution in [2.75, 3.05) is 27.9 Å². The average Bonchev–Trinajstić information content (AvgIpc) is 2.37. The Balaban J connectivity index is 3.04. The van der Waals surface area contributed by atoms with Crippen molar-refractivity contribution < 1.29 is 14.2 Å². The summed E-state index contributed by atoms with van der Waals surface area (Å²) in [4.78, 5) is 2.71. The predicted molar refractivity (Wildman–Crippen MR) is 63.8 cm³/mol. The van der Waals surface area contributed by atoms with Gasteiger partial charge in [0.25, 0.3) is 0 Å². The zero-order valence-electron chi connectivity index (χ0n) is 10.1. The van der Waals surface area contributed by atoms with Crippen LogP contribution < -0.4 is 14.2 Å². The summed E-state index contributed by atoms with van der Waals surface area (Å²) < 4.78 is 15.6. The van der Waals surface area contributed by atoms with Crippen LogP contribution in [-0.2, 0) is 6.42 Å². The van der Waals surface area contributed by atoms with E-state index in [4.69, 9.17) is 19.7 Å². The second-order valence-electron chi connectivity index (χ2n) is 3.24. The Bertz CT molecular complexity index is 403. The van der Waals surface area contributed by atoms with Gasteiger partial charge in [-0.1, -0.05) is 5.11 Å². The van der Waals surface area contributed by atoms with Crippen molar-refractivity contribution in [3.63, 3.8) is 0 Å². The van der Waals surface area contributed by atoms with Gasteiger partial charge in [0.1, 0.15) is 0 Å². The van der Waals surface area contributed by atoms with Crippen LogP contribution in [0.4, 0.5) is 0 Å². The van der Waals surface area contributed by atoms with Gasteiger partial charge in [0, 0.05) is 11.5 Å². The molecule has 0 aliphatic rings. The highest BCUT2D eigenvalue weighted by molar-refractivity contribution is 5.53. The summed E-state index contributed by atoms with van der Waals surface area (Å²) >= 11 is 0. The fourth-order valence-electron chi connectivity index (χ4n) is 1.50. The van der Waals surface area contributed by atoms with E-state index in [0.29, 0.717) is 30.2 Å². The second-order valence-corrected chi connectivity index (χ2v) is 3.24. The first-order chi connectivity index (χ1) is 8.26. The molecule has 17 heavy (non-hydrogen) atoms. The summed E-state index contributed by atoms with van der Waals surface area (Å²) in [5.74, 6) is 1.76. The Morgan fingerprint density at radius 2 is 1.71 bits per heavy atom. The second kappa shape index (κ2) is 6.50. The topological polar surface area (TPSA) is 76.5 Å². The summed E-state index contributed by atoms with van der Waals surface area (Å²) in [6.07, 6.45) is 0.626. The summed E-state index contributed by atoms with van der Waals surface area (Å²) in [5.41, 5.74) is 9.18. The van der Waals surface area contributed by atoms with Gasteiger partial charge in [-0.05, 0) is 29.6 Å². The van der Waals surface area contributed by atoms with Gasteiger partial charge in [-0.15, -0.1) is 0 Å². The highest BCUT2D eigenvalue weighted by atomic mass is 16.5. The molecule has 0 bridgehead atoms. The maximum absolute atomic E-state index is 8.22. The zero-order chi connectivity index (χ0) is 12.7. The number of rotatable bonds is 6. The number of benzene rings is 1. The van der Waals surface area contributed by atoms with Gasteiger partial charge in [-0.25, -0.2) is 0 Å². The minimum absolute atomic E-state index is 0.398. The van der Waals surface area contributed by atoms with E-state index in [2.05, 4.69) is 10.0 Å². The fraction of sp³-hybridized carbons (Fsp3) is 0.455. The largest absolute Gasteiger partial charge is 0.493 e. The molecular formula is C11H15N3O3. The smallest absolute Gasteiger partial charge is 0.203 e. The van der Waals surface area contributed by atoms with Crippen molar-refractivity contribution in [2.45, 2.75) is 6.42 Å². The molecule has 0 aliphatic heterocycles. The van der Waals surface area contributed by atoms with Gasteiger partial charge in [-0.3, -0.25) is 0 Å². The quantitative estimate of drug-likeness (QED) is 0.433. The van der Waals surface area contributed by atoms with Gasteiger partial charge in [0.05, 0.1) is 21.3 Å². The molecule has 0 aliphatic carbocycles. The molecule has 1 aromatic rings. The van der Waals surface area contributed by atoms with Crippen molar-refractivity contribution in [1.82, 2.24) is 0 Å². The lowest BCUT2D eigenvalue weighted by Crippen LogP contribution is -1.98. The monoisotopic (exact) mass is 237 g/mol. The molecule has 0 heterocycles. The molecule has 0 spiro atoms. The minimum Gasteiger partial charge on any atom is -0.493 e. The third-order valence-corrected chi connectivity index (χ3v) is 2.29. The molecule has 0 radical (unpaired) electrons. The Morgan fingerprint density at radius 3 is 2.12 bits per heavy atom.